The van der Waals surface area contributed by atoms with Crippen molar-refractivity contribution >= 4 is 27.5 Å². The van der Waals surface area contributed by atoms with Crippen molar-refractivity contribution in [1.82, 2.24) is 10.0 Å². The second-order valence-electron chi connectivity index (χ2n) is 7.10. The van der Waals surface area contributed by atoms with Gasteiger partial charge in [-0.25, -0.2) is 13.1 Å². The highest BCUT2D eigenvalue weighted by molar-refractivity contribution is 7.89. The number of carbonyl (C=O) groups is 1. The molecule has 0 saturated heterocycles. The Hall–Kier alpha value is -2.09. The van der Waals surface area contributed by atoms with Crippen LogP contribution in [0.2, 0.25) is 5.02 Å². The maximum absolute atomic E-state index is 12.8. The van der Waals surface area contributed by atoms with Gasteiger partial charge in [-0.2, -0.15) is 0 Å². The SMILES string of the molecule is COc1ccc(C(=O)NCCc2ccc(Cl)cc2)cc1S(=O)(=O)NC1CCCC1. The summed E-state index contributed by atoms with van der Waals surface area (Å²) in [5.41, 5.74) is 1.32. The van der Waals surface area contributed by atoms with E-state index in [1.165, 1.54) is 19.2 Å². The van der Waals surface area contributed by atoms with E-state index in [-0.39, 0.29) is 28.2 Å². The molecule has 6 nitrogen and oxygen atoms in total. The van der Waals surface area contributed by atoms with E-state index < -0.39 is 10.0 Å². The summed E-state index contributed by atoms with van der Waals surface area (Å²) in [4.78, 5) is 12.5. The second-order valence-corrected chi connectivity index (χ2v) is 9.22. The van der Waals surface area contributed by atoms with Gasteiger partial charge in [-0.1, -0.05) is 36.6 Å². The molecule has 1 amide bonds. The van der Waals surface area contributed by atoms with Gasteiger partial charge in [0, 0.05) is 23.2 Å². The molecule has 0 spiro atoms. The average molecular weight is 437 g/mol. The second kappa shape index (κ2) is 9.61. The third kappa shape index (κ3) is 5.72. The van der Waals surface area contributed by atoms with Crippen LogP contribution in [0.5, 0.6) is 5.75 Å². The van der Waals surface area contributed by atoms with E-state index in [2.05, 4.69) is 10.0 Å². The summed E-state index contributed by atoms with van der Waals surface area (Å²) in [6, 6.07) is 11.8. The van der Waals surface area contributed by atoms with Crippen molar-refractivity contribution in [1.29, 1.82) is 0 Å². The van der Waals surface area contributed by atoms with Crippen LogP contribution in [0, 0.1) is 0 Å². The monoisotopic (exact) mass is 436 g/mol. The summed E-state index contributed by atoms with van der Waals surface area (Å²) in [5.74, 6) is -0.118. The highest BCUT2D eigenvalue weighted by Gasteiger charge is 2.26. The average Bonchev–Trinajstić information content (AvgIpc) is 3.21. The Labute approximate surface area is 176 Å². The highest BCUT2D eigenvalue weighted by atomic mass is 35.5. The zero-order chi connectivity index (χ0) is 20.9. The van der Waals surface area contributed by atoms with Crippen LogP contribution in [0.4, 0.5) is 0 Å². The first kappa shape index (κ1) is 21.6. The van der Waals surface area contributed by atoms with Gasteiger partial charge in [0.05, 0.1) is 7.11 Å². The van der Waals surface area contributed by atoms with E-state index in [4.69, 9.17) is 16.3 Å². The zero-order valence-corrected chi connectivity index (χ0v) is 17.9. The van der Waals surface area contributed by atoms with Gasteiger partial charge in [0.25, 0.3) is 5.91 Å². The molecular formula is C21H25ClN2O4S. The van der Waals surface area contributed by atoms with Gasteiger partial charge in [-0.15, -0.1) is 0 Å². The Kier molecular flexibility index (Phi) is 7.16. The molecule has 0 bridgehead atoms. The van der Waals surface area contributed by atoms with Crippen LogP contribution >= 0.6 is 11.6 Å². The lowest BCUT2D eigenvalue weighted by molar-refractivity contribution is 0.0954. The van der Waals surface area contributed by atoms with Crippen molar-refractivity contribution in [2.24, 2.45) is 0 Å². The fourth-order valence-corrected chi connectivity index (χ4v) is 5.05. The number of amides is 1. The van der Waals surface area contributed by atoms with Crippen molar-refractivity contribution in [3.05, 3.63) is 58.6 Å². The van der Waals surface area contributed by atoms with Crippen molar-refractivity contribution in [2.75, 3.05) is 13.7 Å². The van der Waals surface area contributed by atoms with E-state index in [0.29, 0.717) is 18.0 Å². The van der Waals surface area contributed by atoms with E-state index in [0.717, 1.165) is 31.2 Å². The Morgan fingerprint density at radius 2 is 1.83 bits per heavy atom. The minimum atomic E-state index is -3.78. The number of nitrogens with one attached hydrogen (secondary N) is 2. The smallest absolute Gasteiger partial charge is 0.251 e. The molecule has 0 aliphatic heterocycles. The number of rotatable bonds is 8. The predicted molar refractivity (Wildman–Crippen MR) is 113 cm³/mol. The molecule has 2 aromatic rings. The molecule has 1 fully saturated rings. The van der Waals surface area contributed by atoms with Gasteiger partial charge in [0.1, 0.15) is 10.6 Å². The Morgan fingerprint density at radius 1 is 1.14 bits per heavy atom. The molecule has 1 aliphatic rings. The standard InChI is InChI=1S/C21H25ClN2O4S/c1-28-19-11-8-16(14-20(19)29(26,27)24-18-4-2-3-5-18)21(25)23-13-12-15-6-9-17(22)10-7-15/h6-11,14,18,24H,2-5,12-13H2,1H3,(H,23,25). The molecule has 0 aromatic heterocycles. The van der Waals surface area contributed by atoms with Crippen LogP contribution in [0.1, 0.15) is 41.6 Å². The van der Waals surface area contributed by atoms with Crippen molar-refractivity contribution < 1.29 is 17.9 Å². The Morgan fingerprint density at radius 3 is 2.48 bits per heavy atom. The number of sulfonamides is 1. The van der Waals surface area contributed by atoms with Gasteiger partial charge in [0.15, 0.2) is 0 Å². The summed E-state index contributed by atoms with van der Waals surface area (Å²) < 4.78 is 33.6. The Balaban J connectivity index is 1.69. The van der Waals surface area contributed by atoms with Crippen molar-refractivity contribution in [3.8, 4) is 5.75 Å². The van der Waals surface area contributed by atoms with Crippen molar-refractivity contribution in [3.63, 3.8) is 0 Å². The van der Waals surface area contributed by atoms with Gasteiger partial charge >= 0.3 is 0 Å². The van der Waals surface area contributed by atoms with E-state index >= 15 is 0 Å². The number of carbonyl (C=O) groups excluding carboxylic acids is 1. The molecule has 156 valence electrons. The van der Waals surface area contributed by atoms with Crippen LogP contribution in [-0.4, -0.2) is 34.0 Å². The predicted octanol–water partition coefficient (Wildman–Crippen LogP) is 3.54. The fourth-order valence-electron chi connectivity index (χ4n) is 3.43. The van der Waals surface area contributed by atoms with Crippen molar-refractivity contribution in [2.45, 2.75) is 43.0 Å². The number of hydrogen-bond donors (Lipinski definition) is 2. The summed E-state index contributed by atoms with van der Waals surface area (Å²) in [7, 11) is -2.37. The van der Waals surface area contributed by atoms with E-state index in [1.807, 2.05) is 12.1 Å². The van der Waals surface area contributed by atoms with E-state index in [9.17, 15) is 13.2 Å². The summed E-state index contributed by atoms with van der Waals surface area (Å²) in [5, 5.41) is 3.49. The molecule has 3 rings (SSSR count). The molecule has 1 aliphatic carbocycles. The van der Waals surface area contributed by atoms with Crippen LogP contribution in [-0.2, 0) is 16.4 Å². The molecule has 2 aromatic carbocycles. The van der Waals surface area contributed by atoms with Gasteiger partial charge in [0.2, 0.25) is 10.0 Å². The number of hydrogen-bond acceptors (Lipinski definition) is 4. The molecule has 0 unspecified atom stereocenters. The largest absolute Gasteiger partial charge is 0.495 e. The number of benzene rings is 2. The summed E-state index contributed by atoms with van der Waals surface area (Å²) in [6.07, 6.45) is 4.33. The molecule has 29 heavy (non-hydrogen) atoms. The minimum Gasteiger partial charge on any atom is -0.495 e. The molecule has 1 saturated carbocycles. The molecular weight excluding hydrogens is 412 g/mol. The van der Waals surface area contributed by atoms with Crippen LogP contribution in [0.15, 0.2) is 47.4 Å². The molecule has 0 atom stereocenters. The highest BCUT2D eigenvalue weighted by Crippen LogP contribution is 2.27. The first-order chi connectivity index (χ1) is 13.9. The van der Waals surface area contributed by atoms with Gasteiger partial charge in [-0.05, 0) is 55.2 Å². The Bertz CT molecular complexity index is 955. The summed E-state index contributed by atoms with van der Waals surface area (Å²) in [6.45, 7) is 0.425. The summed E-state index contributed by atoms with van der Waals surface area (Å²) >= 11 is 5.87. The van der Waals surface area contributed by atoms with Gasteiger partial charge < -0.3 is 10.1 Å². The topological polar surface area (TPSA) is 84.5 Å². The van der Waals surface area contributed by atoms with Crippen LogP contribution in [0.25, 0.3) is 0 Å². The molecule has 0 heterocycles. The lowest BCUT2D eigenvalue weighted by Crippen LogP contribution is -2.33. The number of halogens is 1. The minimum absolute atomic E-state index is 0.0164. The first-order valence-corrected chi connectivity index (χ1v) is 11.5. The third-order valence-electron chi connectivity index (χ3n) is 5.00. The number of methoxy groups -OCH3 is 1. The maximum Gasteiger partial charge on any atom is 0.251 e. The lowest BCUT2D eigenvalue weighted by Gasteiger charge is -2.16. The zero-order valence-electron chi connectivity index (χ0n) is 16.3. The molecule has 2 N–H and O–H groups in total. The van der Waals surface area contributed by atoms with Gasteiger partial charge in [-0.3, -0.25) is 4.79 Å². The third-order valence-corrected chi connectivity index (χ3v) is 6.80. The molecule has 8 heteroatoms. The maximum atomic E-state index is 12.8. The fraction of sp³-hybridized carbons (Fsp3) is 0.381. The van der Waals surface area contributed by atoms with Crippen LogP contribution < -0.4 is 14.8 Å². The number of ether oxygens (including phenoxy) is 1. The molecule has 0 radical (unpaired) electrons. The normalized spacial score (nSPS) is 14.7. The van der Waals surface area contributed by atoms with Crippen LogP contribution in [0.3, 0.4) is 0 Å². The van der Waals surface area contributed by atoms with E-state index in [1.54, 1.807) is 18.2 Å². The lowest BCUT2D eigenvalue weighted by atomic mass is 10.1. The quantitative estimate of drug-likeness (QED) is 0.662. The first-order valence-electron chi connectivity index (χ1n) is 9.62.